The minimum atomic E-state index is 0.243. The predicted molar refractivity (Wildman–Crippen MR) is 78.4 cm³/mol. The third-order valence-corrected chi connectivity index (χ3v) is 3.71. The van der Waals surface area contributed by atoms with E-state index in [1.54, 1.807) is 0 Å². The molecule has 2 heterocycles. The van der Waals surface area contributed by atoms with E-state index in [9.17, 15) is 0 Å². The zero-order valence-electron chi connectivity index (χ0n) is 11.4. The molecule has 0 bridgehead atoms. The Hall–Kier alpha value is -2.12. The first kappa shape index (κ1) is 13.8. The maximum absolute atomic E-state index is 5.41. The van der Waals surface area contributed by atoms with Gasteiger partial charge in [-0.15, -0.1) is 10.2 Å². The largest absolute Gasteiger partial charge is 0.415 e. The fraction of sp³-hybridized carbons (Fsp3) is 0.214. The van der Waals surface area contributed by atoms with Gasteiger partial charge in [-0.25, -0.2) is 0 Å². The van der Waals surface area contributed by atoms with Crippen LogP contribution in [0.25, 0.3) is 11.3 Å². The van der Waals surface area contributed by atoms with Crippen LogP contribution in [0.5, 0.6) is 0 Å². The summed E-state index contributed by atoms with van der Waals surface area (Å²) in [5.74, 6) is 1.75. The van der Waals surface area contributed by atoms with Crippen molar-refractivity contribution in [1.82, 2.24) is 15.4 Å². The normalized spacial score (nSPS) is 11.0. The lowest BCUT2D eigenvalue weighted by molar-refractivity contribution is 0.394. The number of aromatic nitrogens is 3. The highest BCUT2D eigenvalue weighted by molar-refractivity contribution is 7.98. The molecule has 3 rings (SSSR count). The number of nitrogens with zero attached hydrogens (tertiary/aromatic N) is 3. The molecule has 3 aromatic rings. The van der Waals surface area contributed by atoms with Crippen LogP contribution in [-0.2, 0) is 12.3 Å². The number of hydrogen-bond acceptors (Lipinski definition) is 7. The second-order valence-corrected chi connectivity index (χ2v) is 5.43. The Balaban J connectivity index is 1.66. The molecule has 2 N–H and O–H groups in total. The second-order valence-electron chi connectivity index (χ2n) is 4.50. The van der Waals surface area contributed by atoms with Crippen LogP contribution in [0.2, 0.25) is 0 Å². The topological polar surface area (TPSA) is 91.0 Å². The molecule has 0 saturated heterocycles. The van der Waals surface area contributed by atoms with Crippen LogP contribution in [0, 0.1) is 6.92 Å². The number of thioether (sulfide) groups is 1. The molecule has 21 heavy (non-hydrogen) atoms. The van der Waals surface area contributed by atoms with Gasteiger partial charge in [0.25, 0.3) is 5.22 Å². The van der Waals surface area contributed by atoms with Crippen LogP contribution in [0.3, 0.4) is 0 Å². The maximum atomic E-state index is 5.41. The van der Waals surface area contributed by atoms with Gasteiger partial charge in [-0.2, -0.15) is 0 Å². The number of rotatable bonds is 5. The average molecular weight is 302 g/mol. The highest BCUT2D eigenvalue weighted by Crippen LogP contribution is 2.25. The lowest BCUT2D eigenvalue weighted by atomic mass is 10.1. The smallest absolute Gasteiger partial charge is 0.277 e. The lowest BCUT2D eigenvalue weighted by Gasteiger charge is -1.95. The van der Waals surface area contributed by atoms with Gasteiger partial charge < -0.3 is 14.7 Å². The molecular weight excluding hydrogens is 288 g/mol. The van der Waals surface area contributed by atoms with Crippen molar-refractivity contribution in [1.29, 1.82) is 0 Å². The summed E-state index contributed by atoms with van der Waals surface area (Å²) in [6.45, 7) is 2.29. The summed E-state index contributed by atoms with van der Waals surface area (Å²) >= 11 is 1.39. The summed E-state index contributed by atoms with van der Waals surface area (Å²) in [5.41, 5.74) is 8.48. The Labute approximate surface area is 125 Å². The van der Waals surface area contributed by atoms with Gasteiger partial charge >= 0.3 is 0 Å². The van der Waals surface area contributed by atoms with Crippen LogP contribution in [0.4, 0.5) is 0 Å². The zero-order chi connectivity index (χ0) is 14.7. The van der Waals surface area contributed by atoms with Crippen molar-refractivity contribution in [3.05, 3.63) is 47.5 Å². The number of nitrogens with two attached hydrogens (primary N) is 1. The molecule has 2 aromatic heterocycles. The first-order valence-electron chi connectivity index (χ1n) is 6.42. The third kappa shape index (κ3) is 3.32. The predicted octanol–water partition coefficient (Wildman–Crippen LogP) is 2.78. The Kier molecular flexibility index (Phi) is 4.03. The number of aryl methyl sites for hydroxylation is 1. The van der Waals surface area contributed by atoms with Crippen molar-refractivity contribution in [3.63, 3.8) is 0 Å². The minimum Gasteiger partial charge on any atom is -0.415 e. The third-order valence-electron chi connectivity index (χ3n) is 2.87. The lowest BCUT2D eigenvalue weighted by Crippen LogP contribution is -1.95. The van der Waals surface area contributed by atoms with Crippen molar-refractivity contribution >= 4 is 11.8 Å². The molecule has 0 unspecified atom stereocenters. The first-order valence-corrected chi connectivity index (χ1v) is 7.41. The van der Waals surface area contributed by atoms with Gasteiger partial charge in [0.1, 0.15) is 11.5 Å². The summed E-state index contributed by atoms with van der Waals surface area (Å²) in [4.78, 5) is 0. The van der Waals surface area contributed by atoms with Crippen LogP contribution in [-0.4, -0.2) is 15.4 Å². The van der Waals surface area contributed by atoms with Crippen LogP contribution < -0.4 is 5.73 Å². The van der Waals surface area contributed by atoms with E-state index < -0.39 is 0 Å². The van der Waals surface area contributed by atoms with Crippen molar-refractivity contribution in [2.75, 3.05) is 0 Å². The summed E-state index contributed by atoms with van der Waals surface area (Å²) < 4.78 is 10.6. The molecule has 6 nitrogen and oxygen atoms in total. The molecule has 0 saturated carbocycles. The Morgan fingerprint density at radius 3 is 2.71 bits per heavy atom. The van der Waals surface area contributed by atoms with Crippen LogP contribution >= 0.6 is 11.8 Å². The van der Waals surface area contributed by atoms with E-state index in [-0.39, 0.29) is 6.54 Å². The molecule has 1 aromatic carbocycles. The van der Waals surface area contributed by atoms with Crippen molar-refractivity contribution in [2.45, 2.75) is 24.4 Å². The quantitative estimate of drug-likeness (QED) is 0.724. The van der Waals surface area contributed by atoms with Gasteiger partial charge in [0.2, 0.25) is 5.89 Å². The molecule has 0 fully saturated rings. The van der Waals surface area contributed by atoms with E-state index in [0.717, 1.165) is 17.0 Å². The summed E-state index contributed by atoms with van der Waals surface area (Å²) in [6, 6.07) is 10.1. The summed E-state index contributed by atoms with van der Waals surface area (Å²) in [5, 5.41) is 12.2. The SMILES string of the molecule is Cc1ccc(-c2cc(CSc3nnc(CN)o3)on2)cc1. The number of benzene rings is 1. The molecule has 7 heteroatoms. The van der Waals surface area contributed by atoms with Crippen molar-refractivity contribution in [2.24, 2.45) is 5.73 Å². The van der Waals surface area contributed by atoms with E-state index in [1.807, 2.05) is 30.3 Å². The Bertz CT molecular complexity index is 721. The van der Waals surface area contributed by atoms with E-state index >= 15 is 0 Å². The van der Waals surface area contributed by atoms with E-state index in [0.29, 0.717) is 16.9 Å². The number of hydrogen-bond donors (Lipinski definition) is 1. The fourth-order valence-corrected chi connectivity index (χ4v) is 2.41. The van der Waals surface area contributed by atoms with Crippen molar-refractivity contribution < 1.29 is 8.94 Å². The average Bonchev–Trinajstić information content (AvgIpc) is 3.15. The summed E-state index contributed by atoms with van der Waals surface area (Å²) in [7, 11) is 0. The standard InChI is InChI=1S/C14H14N4O2S/c1-9-2-4-10(5-3-9)12-6-11(20-18-12)8-21-14-17-16-13(7-15)19-14/h2-6H,7-8,15H2,1H3. The monoisotopic (exact) mass is 302 g/mol. The Morgan fingerprint density at radius 2 is 2.00 bits per heavy atom. The molecule has 0 aliphatic rings. The summed E-state index contributed by atoms with van der Waals surface area (Å²) in [6.07, 6.45) is 0. The highest BCUT2D eigenvalue weighted by Gasteiger charge is 2.10. The van der Waals surface area contributed by atoms with Gasteiger partial charge in [0.05, 0.1) is 12.3 Å². The van der Waals surface area contributed by atoms with E-state index in [4.69, 9.17) is 14.7 Å². The fourth-order valence-electron chi connectivity index (χ4n) is 1.75. The minimum absolute atomic E-state index is 0.243. The van der Waals surface area contributed by atoms with E-state index in [1.165, 1.54) is 17.3 Å². The first-order chi connectivity index (χ1) is 10.2. The van der Waals surface area contributed by atoms with Gasteiger partial charge in [0.15, 0.2) is 0 Å². The highest BCUT2D eigenvalue weighted by atomic mass is 32.2. The molecular formula is C14H14N4O2S. The van der Waals surface area contributed by atoms with Gasteiger partial charge in [-0.05, 0) is 6.92 Å². The molecule has 0 spiro atoms. The van der Waals surface area contributed by atoms with Gasteiger partial charge in [-0.1, -0.05) is 46.7 Å². The maximum Gasteiger partial charge on any atom is 0.277 e. The van der Waals surface area contributed by atoms with Gasteiger partial charge in [-0.3, -0.25) is 0 Å². The molecule has 0 aliphatic heterocycles. The molecule has 0 radical (unpaired) electrons. The molecule has 0 amide bonds. The molecule has 0 aliphatic carbocycles. The Morgan fingerprint density at radius 1 is 1.19 bits per heavy atom. The second kappa shape index (κ2) is 6.11. The van der Waals surface area contributed by atoms with E-state index in [2.05, 4.69) is 22.3 Å². The van der Waals surface area contributed by atoms with Crippen LogP contribution in [0.15, 0.2) is 44.5 Å². The zero-order valence-corrected chi connectivity index (χ0v) is 12.3. The van der Waals surface area contributed by atoms with Crippen LogP contribution in [0.1, 0.15) is 17.2 Å². The van der Waals surface area contributed by atoms with Gasteiger partial charge in [0, 0.05) is 11.6 Å². The van der Waals surface area contributed by atoms with Crippen molar-refractivity contribution in [3.8, 4) is 11.3 Å². The molecule has 0 atom stereocenters. The molecule has 108 valence electrons.